The molecule has 2 rings (SSSR count). The summed E-state index contributed by atoms with van der Waals surface area (Å²) in [6.45, 7) is 16.0. The summed E-state index contributed by atoms with van der Waals surface area (Å²) in [7, 11) is 0. The van der Waals surface area contributed by atoms with Crippen molar-refractivity contribution in [3.05, 3.63) is 23.7 Å². The zero-order valence-electron chi connectivity index (χ0n) is 19.7. The Morgan fingerprint density at radius 2 is 1.62 bits per heavy atom. The van der Waals surface area contributed by atoms with E-state index in [1.807, 2.05) is 26.0 Å². The highest BCUT2D eigenvalue weighted by Gasteiger charge is 2.42. The van der Waals surface area contributed by atoms with E-state index in [9.17, 15) is 0 Å². The summed E-state index contributed by atoms with van der Waals surface area (Å²) in [5.41, 5.74) is 5.83. The van der Waals surface area contributed by atoms with E-state index < -0.39 is 0 Å². The number of ether oxygens (including phenoxy) is 1. The van der Waals surface area contributed by atoms with Crippen molar-refractivity contribution in [2.75, 3.05) is 26.3 Å². The van der Waals surface area contributed by atoms with Crippen LogP contribution in [-0.2, 0) is 11.3 Å². The van der Waals surface area contributed by atoms with E-state index in [2.05, 4.69) is 64.3 Å². The molecule has 0 unspecified atom stereocenters. The molecule has 0 aromatic carbocycles. The van der Waals surface area contributed by atoms with Crippen LogP contribution in [0.3, 0.4) is 0 Å². The average Bonchev–Trinajstić information content (AvgIpc) is 3.16. The van der Waals surface area contributed by atoms with Gasteiger partial charge in [-0.3, -0.25) is 15.8 Å². The highest BCUT2D eigenvalue weighted by atomic mass is 32.1. The summed E-state index contributed by atoms with van der Waals surface area (Å²) in [4.78, 5) is 2.41. The zero-order valence-corrected chi connectivity index (χ0v) is 21.4. The molecule has 0 amide bonds. The molecule has 0 spiro atoms. The van der Waals surface area contributed by atoms with Crippen LogP contribution in [0.5, 0.6) is 0 Å². The van der Waals surface area contributed by atoms with E-state index in [0.717, 1.165) is 5.76 Å². The normalized spacial score (nSPS) is 18.4. The molecule has 0 saturated carbocycles. The van der Waals surface area contributed by atoms with Gasteiger partial charge < -0.3 is 19.8 Å². The van der Waals surface area contributed by atoms with Crippen LogP contribution in [0.25, 0.3) is 0 Å². The lowest BCUT2D eigenvalue weighted by atomic mass is 9.91. The van der Waals surface area contributed by atoms with E-state index in [4.69, 9.17) is 33.6 Å². The van der Waals surface area contributed by atoms with Crippen LogP contribution in [-0.4, -0.2) is 64.4 Å². The van der Waals surface area contributed by atoms with Gasteiger partial charge in [-0.25, -0.2) is 0 Å². The third kappa shape index (κ3) is 7.51. The summed E-state index contributed by atoms with van der Waals surface area (Å²) in [6, 6.07) is 3.83. The Labute approximate surface area is 201 Å². The molecule has 32 heavy (non-hydrogen) atoms. The van der Waals surface area contributed by atoms with Gasteiger partial charge in [-0.1, -0.05) is 0 Å². The largest absolute Gasteiger partial charge is 0.458 e. The quantitative estimate of drug-likeness (QED) is 0.253. The summed E-state index contributed by atoms with van der Waals surface area (Å²) in [5.74, 6) is 1.39. The second-order valence-corrected chi connectivity index (χ2v) is 9.48. The first kappa shape index (κ1) is 26.2. The fourth-order valence-electron chi connectivity index (χ4n) is 3.52. The minimum atomic E-state index is -0.113. The number of hydrogen-bond acceptors (Lipinski definition) is 7. The van der Waals surface area contributed by atoms with Gasteiger partial charge in [-0.15, -0.1) is 0 Å². The van der Waals surface area contributed by atoms with Crippen molar-refractivity contribution < 1.29 is 9.15 Å². The fourth-order valence-corrected chi connectivity index (χ4v) is 3.91. The standard InChI is InChI=1S/C21H35N7O2S2/c1-7-22-18(31)26-24-11-16(25-27-19(32)23-8-2)17-10-9-15(30-17)12-28-20(3,4)13-29-14-21(28,5)6/h9-11H,7-8,12-14H2,1-6H3,(H2,22,26,31)(H2,23,27,32)/b24-11+,25-16-. The second-order valence-electron chi connectivity index (χ2n) is 8.67. The molecule has 1 saturated heterocycles. The molecule has 1 aliphatic rings. The number of nitrogens with zero attached hydrogens (tertiary/aromatic N) is 3. The van der Waals surface area contributed by atoms with Gasteiger partial charge in [0, 0.05) is 24.2 Å². The van der Waals surface area contributed by atoms with Gasteiger partial charge in [0.15, 0.2) is 16.0 Å². The number of rotatable bonds is 8. The molecule has 1 aliphatic heterocycles. The number of thiocarbonyl (C=S) groups is 2. The molecular weight excluding hydrogens is 446 g/mol. The molecular formula is C21H35N7O2S2. The van der Waals surface area contributed by atoms with Crippen LogP contribution in [0.2, 0.25) is 0 Å². The zero-order chi connectivity index (χ0) is 23.8. The van der Waals surface area contributed by atoms with Crippen LogP contribution >= 0.6 is 24.4 Å². The topological polar surface area (TPSA) is 98.5 Å². The fraction of sp³-hybridized carbons (Fsp3) is 0.619. The van der Waals surface area contributed by atoms with Crippen molar-refractivity contribution in [1.29, 1.82) is 0 Å². The molecule has 1 fully saturated rings. The summed E-state index contributed by atoms with van der Waals surface area (Å²) >= 11 is 10.3. The molecule has 4 N–H and O–H groups in total. The average molecular weight is 482 g/mol. The van der Waals surface area contributed by atoms with Gasteiger partial charge in [-0.2, -0.15) is 10.2 Å². The molecule has 0 bridgehead atoms. The van der Waals surface area contributed by atoms with E-state index in [1.54, 1.807) is 0 Å². The molecule has 1 aromatic heterocycles. The molecule has 2 heterocycles. The van der Waals surface area contributed by atoms with E-state index in [0.29, 0.717) is 54.5 Å². The molecule has 0 atom stereocenters. The monoisotopic (exact) mass is 481 g/mol. The Morgan fingerprint density at radius 3 is 2.22 bits per heavy atom. The third-order valence-corrected chi connectivity index (χ3v) is 5.38. The van der Waals surface area contributed by atoms with Gasteiger partial charge in [0.1, 0.15) is 11.5 Å². The lowest BCUT2D eigenvalue weighted by Gasteiger charge is -2.52. The van der Waals surface area contributed by atoms with E-state index in [1.165, 1.54) is 6.21 Å². The van der Waals surface area contributed by atoms with Crippen LogP contribution in [0.15, 0.2) is 26.8 Å². The Bertz CT molecular complexity index is 833. The predicted octanol–water partition coefficient (Wildman–Crippen LogP) is 2.33. The van der Waals surface area contributed by atoms with Crippen molar-refractivity contribution in [3.8, 4) is 0 Å². The van der Waals surface area contributed by atoms with Crippen molar-refractivity contribution in [2.24, 2.45) is 10.2 Å². The molecule has 178 valence electrons. The van der Waals surface area contributed by atoms with Crippen molar-refractivity contribution in [3.63, 3.8) is 0 Å². The van der Waals surface area contributed by atoms with Gasteiger partial charge >= 0.3 is 0 Å². The van der Waals surface area contributed by atoms with Gasteiger partial charge in [0.2, 0.25) is 0 Å². The summed E-state index contributed by atoms with van der Waals surface area (Å²) < 4.78 is 12.0. The minimum Gasteiger partial charge on any atom is -0.458 e. The van der Waals surface area contributed by atoms with E-state index in [-0.39, 0.29) is 11.1 Å². The van der Waals surface area contributed by atoms with Crippen molar-refractivity contribution in [1.82, 2.24) is 26.4 Å². The number of hydrazone groups is 2. The highest BCUT2D eigenvalue weighted by Crippen LogP contribution is 2.32. The van der Waals surface area contributed by atoms with Gasteiger partial charge in [0.25, 0.3) is 0 Å². The summed E-state index contributed by atoms with van der Waals surface area (Å²) in [6.07, 6.45) is 1.54. The molecule has 0 radical (unpaired) electrons. The third-order valence-electron chi connectivity index (χ3n) is 4.91. The van der Waals surface area contributed by atoms with Crippen LogP contribution < -0.4 is 21.5 Å². The summed E-state index contributed by atoms with van der Waals surface area (Å²) in [5, 5.41) is 15.3. The SMILES string of the molecule is CCNC(=S)N/N=C(/C=N/NC(=S)NCC)c1ccc(CN2C(C)(C)COCC2(C)C)o1. The Morgan fingerprint density at radius 1 is 1.03 bits per heavy atom. The Hall–Kier alpha value is -2.08. The Kier molecular flexibility index (Phi) is 9.56. The van der Waals surface area contributed by atoms with Crippen molar-refractivity contribution >= 4 is 46.6 Å². The first-order chi connectivity index (χ1) is 15.1. The van der Waals surface area contributed by atoms with Gasteiger partial charge in [0.05, 0.1) is 26.0 Å². The molecule has 11 heteroatoms. The highest BCUT2D eigenvalue weighted by molar-refractivity contribution is 7.80. The molecule has 1 aromatic rings. The van der Waals surface area contributed by atoms with Crippen LogP contribution in [0.1, 0.15) is 53.1 Å². The number of morpholine rings is 1. The van der Waals surface area contributed by atoms with Crippen LogP contribution in [0, 0.1) is 0 Å². The smallest absolute Gasteiger partial charge is 0.186 e. The maximum absolute atomic E-state index is 6.15. The minimum absolute atomic E-state index is 0.113. The first-order valence-electron chi connectivity index (χ1n) is 10.7. The van der Waals surface area contributed by atoms with E-state index >= 15 is 0 Å². The maximum atomic E-state index is 6.15. The molecule has 9 nitrogen and oxygen atoms in total. The number of nitrogens with one attached hydrogen (secondary N) is 4. The first-order valence-corrected chi connectivity index (χ1v) is 11.5. The maximum Gasteiger partial charge on any atom is 0.186 e. The predicted molar refractivity (Wildman–Crippen MR) is 137 cm³/mol. The number of furan rings is 1. The lowest BCUT2D eigenvalue weighted by Crippen LogP contribution is -2.62. The van der Waals surface area contributed by atoms with Crippen LogP contribution in [0.4, 0.5) is 0 Å². The van der Waals surface area contributed by atoms with Gasteiger partial charge in [-0.05, 0) is 78.1 Å². The Balaban J connectivity index is 2.21. The lowest BCUT2D eigenvalue weighted by molar-refractivity contribution is -0.133. The van der Waals surface area contributed by atoms with Crippen molar-refractivity contribution in [2.45, 2.75) is 59.2 Å². The number of hydrogen-bond donors (Lipinski definition) is 4. The second kappa shape index (κ2) is 11.7. The molecule has 0 aliphatic carbocycles.